The molecule has 150 valence electrons. The highest BCUT2D eigenvalue weighted by Gasteiger charge is 2.67. The van der Waals surface area contributed by atoms with Gasteiger partial charge in [-0.05, 0) is 18.3 Å². The van der Waals surface area contributed by atoms with Crippen molar-refractivity contribution in [3.8, 4) is 0 Å². The van der Waals surface area contributed by atoms with Crippen LogP contribution in [0.3, 0.4) is 0 Å². The number of carbonyl (C=O) groups excluding carboxylic acids is 4. The van der Waals surface area contributed by atoms with E-state index in [1.165, 1.54) is 6.33 Å². The molecule has 0 radical (unpaired) electrons. The number of Topliss-reactive ketones (excluding diaryl/α,β-unsaturated/α-hetero) is 1. The van der Waals surface area contributed by atoms with Gasteiger partial charge in [0.2, 0.25) is 0 Å². The van der Waals surface area contributed by atoms with Gasteiger partial charge >= 0.3 is 11.8 Å². The molecule has 5 N–H and O–H groups in total. The topological polar surface area (TPSA) is 149 Å². The fraction of sp³-hybridized carbons (Fsp3) is 0.632. The van der Waals surface area contributed by atoms with Crippen LogP contribution in [0.5, 0.6) is 0 Å². The number of hydrogen-bond acceptors (Lipinski definition) is 6. The van der Waals surface area contributed by atoms with Gasteiger partial charge in [0, 0.05) is 44.0 Å². The molecular formula is C19H26N5O4+. The molecule has 1 spiro atoms. The second kappa shape index (κ2) is 6.59. The van der Waals surface area contributed by atoms with Crippen LogP contribution >= 0.6 is 0 Å². The number of ketones is 1. The van der Waals surface area contributed by atoms with Gasteiger partial charge in [-0.2, -0.15) is 4.48 Å². The molecule has 28 heavy (non-hydrogen) atoms. The van der Waals surface area contributed by atoms with E-state index in [1.54, 1.807) is 6.20 Å². The number of amides is 3. The van der Waals surface area contributed by atoms with Crippen LogP contribution in [-0.2, 0) is 25.6 Å². The van der Waals surface area contributed by atoms with Crippen molar-refractivity contribution in [3.05, 3.63) is 18.2 Å². The Morgan fingerprint density at radius 3 is 2.71 bits per heavy atom. The highest BCUT2D eigenvalue weighted by molar-refractivity contribution is 5.97. The number of quaternary nitrogens is 1. The van der Waals surface area contributed by atoms with Gasteiger partial charge in [-0.3, -0.25) is 9.59 Å². The molecule has 1 aromatic rings. The quantitative estimate of drug-likeness (QED) is 0.582. The molecule has 9 nitrogen and oxygen atoms in total. The molecular weight excluding hydrogens is 362 g/mol. The van der Waals surface area contributed by atoms with Crippen molar-refractivity contribution in [3.63, 3.8) is 0 Å². The number of hydrogen-bond donors (Lipinski definition) is 3. The minimum absolute atomic E-state index is 0.0537. The zero-order chi connectivity index (χ0) is 20.1. The van der Waals surface area contributed by atoms with E-state index in [4.69, 9.17) is 11.5 Å². The lowest BCUT2D eigenvalue weighted by atomic mass is 9.89. The number of H-pyrrole nitrogens is 1. The molecule has 0 bridgehead atoms. The first kappa shape index (κ1) is 18.9. The Balaban J connectivity index is 1.69. The van der Waals surface area contributed by atoms with Crippen molar-refractivity contribution < 1.29 is 23.7 Å². The smallest absolute Gasteiger partial charge is 0.338 e. The van der Waals surface area contributed by atoms with Gasteiger partial charge < -0.3 is 16.5 Å². The van der Waals surface area contributed by atoms with Gasteiger partial charge in [0.05, 0.1) is 18.8 Å². The number of likely N-dealkylation sites (tertiary alicyclic amines) is 1. The summed E-state index contributed by atoms with van der Waals surface area (Å²) in [5.41, 5.74) is 12.2. The lowest BCUT2D eigenvalue weighted by Gasteiger charge is -2.37. The molecule has 2 unspecified atom stereocenters. The number of imidazole rings is 1. The summed E-state index contributed by atoms with van der Waals surface area (Å²) in [7, 11) is 0. The number of nitrogens with zero attached hydrogens (tertiary/aromatic N) is 2. The van der Waals surface area contributed by atoms with Gasteiger partial charge in [0.1, 0.15) is 11.8 Å². The molecule has 9 heteroatoms. The van der Waals surface area contributed by atoms with Crippen LogP contribution in [0.15, 0.2) is 12.5 Å². The zero-order valence-corrected chi connectivity index (χ0v) is 15.7. The number of primary amides is 1. The predicted octanol–water partition coefficient (Wildman–Crippen LogP) is -0.443. The van der Waals surface area contributed by atoms with Crippen molar-refractivity contribution in [1.82, 2.24) is 9.97 Å². The molecule has 1 saturated heterocycles. The second-order valence-corrected chi connectivity index (χ2v) is 8.55. The maximum Gasteiger partial charge on any atom is 0.338 e. The molecule has 0 aromatic carbocycles. The molecule has 1 aromatic heterocycles. The van der Waals surface area contributed by atoms with Gasteiger partial charge in [0.15, 0.2) is 6.04 Å². The summed E-state index contributed by atoms with van der Waals surface area (Å²) >= 11 is 0. The third kappa shape index (κ3) is 2.80. The van der Waals surface area contributed by atoms with E-state index in [9.17, 15) is 19.2 Å². The van der Waals surface area contributed by atoms with E-state index in [0.717, 1.165) is 12.8 Å². The van der Waals surface area contributed by atoms with Crippen molar-refractivity contribution >= 4 is 23.5 Å². The van der Waals surface area contributed by atoms with Crippen LogP contribution in [0.2, 0.25) is 0 Å². The van der Waals surface area contributed by atoms with Gasteiger partial charge in [0.25, 0.3) is 5.91 Å². The number of aromatic amines is 1. The molecule has 1 aliphatic heterocycles. The first-order valence-electron chi connectivity index (χ1n) is 9.80. The number of aromatic nitrogens is 2. The first-order valence-corrected chi connectivity index (χ1v) is 9.80. The molecule has 3 aliphatic rings. The van der Waals surface area contributed by atoms with Crippen LogP contribution in [0.25, 0.3) is 0 Å². The summed E-state index contributed by atoms with van der Waals surface area (Å²) < 4.78 is -0.635. The lowest BCUT2D eigenvalue weighted by molar-refractivity contribution is -0.785. The summed E-state index contributed by atoms with van der Waals surface area (Å²) in [6.07, 6.45) is 6.32. The average Bonchev–Trinajstić information content (AvgIpc) is 3.05. The van der Waals surface area contributed by atoms with Crippen molar-refractivity contribution in [1.29, 1.82) is 0 Å². The molecule has 3 amide bonds. The van der Waals surface area contributed by atoms with Crippen molar-refractivity contribution in [2.75, 3.05) is 6.54 Å². The lowest BCUT2D eigenvalue weighted by Crippen LogP contribution is -2.69. The van der Waals surface area contributed by atoms with E-state index in [-0.39, 0.29) is 36.5 Å². The number of carbonyl (C=O) groups is 4. The highest BCUT2D eigenvalue weighted by Crippen LogP contribution is 2.61. The number of rotatable bonds is 5. The molecule has 2 aliphatic carbocycles. The van der Waals surface area contributed by atoms with Gasteiger partial charge in [-0.1, -0.05) is 0 Å². The molecule has 3 fully saturated rings. The number of nitrogens with two attached hydrogens (primary N) is 2. The Morgan fingerprint density at radius 2 is 2.11 bits per heavy atom. The van der Waals surface area contributed by atoms with E-state index in [0.29, 0.717) is 25.0 Å². The monoisotopic (exact) mass is 388 g/mol. The predicted molar refractivity (Wildman–Crippen MR) is 97.0 cm³/mol. The molecule has 4 atom stereocenters. The Hall–Kier alpha value is -2.39. The SMILES string of the molecule is NC(=O)[C@@H]1CCC[N+]1(C(=O)C1CC(=O)CC12CC2)C(=O)[C@@H](N)Cc1cnc[nH]1. The summed E-state index contributed by atoms with van der Waals surface area (Å²) in [6.45, 7) is 0.211. The average molecular weight is 388 g/mol. The maximum absolute atomic E-state index is 13.7. The number of nitrogens with one attached hydrogen (secondary N) is 1. The van der Waals surface area contributed by atoms with Gasteiger partial charge in [-0.15, -0.1) is 0 Å². The van der Waals surface area contributed by atoms with Crippen molar-refractivity contribution in [2.45, 2.75) is 57.0 Å². The fourth-order valence-electron chi connectivity index (χ4n) is 5.27. The minimum Gasteiger partial charge on any atom is -0.364 e. The third-order valence-electron chi connectivity index (χ3n) is 6.86. The van der Waals surface area contributed by atoms with Crippen molar-refractivity contribution in [2.24, 2.45) is 22.8 Å². The van der Waals surface area contributed by atoms with Gasteiger partial charge in [-0.25, -0.2) is 14.6 Å². The standard InChI is InChI=1S/C19H25N5O4/c20-14(6-11-9-22-10-23-11)18(28)24(5-1-2-15(24)16(21)26)17(27)13-7-12(25)8-19(13)3-4-19/h9-10,13-15H,1-8,20H2,(H2-,21,22,23,26)/p+1/t13?,14-,15-,24?/m0/s1. The molecule has 2 heterocycles. The zero-order valence-electron chi connectivity index (χ0n) is 15.7. The number of imide groups is 1. The first-order chi connectivity index (χ1) is 13.3. The van der Waals surface area contributed by atoms with Crippen LogP contribution in [0, 0.1) is 11.3 Å². The summed E-state index contributed by atoms with van der Waals surface area (Å²) in [6, 6.07) is -1.89. The highest BCUT2D eigenvalue weighted by atomic mass is 16.2. The Labute approximate surface area is 162 Å². The molecule has 2 saturated carbocycles. The Morgan fingerprint density at radius 1 is 1.36 bits per heavy atom. The largest absolute Gasteiger partial charge is 0.364 e. The third-order valence-corrected chi connectivity index (χ3v) is 6.86. The normalized spacial score (nSPS) is 31.8. The van der Waals surface area contributed by atoms with E-state index >= 15 is 0 Å². The van der Waals surface area contributed by atoms with Crippen LogP contribution in [0.4, 0.5) is 0 Å². The van der Waals surface area contributed by atoms with E-state index < -0.39 is 34.3 Å². The Kier molecular flexibility index (Phi) is 4.46. The Bertz CT molecular complexity index is 831. The van der Waals surface area contributed by atoms with Crippen LogP contribution in [-0.4, -0.2) is 56.6 Å². The minimum atomic E-state index is -0.975. The summed E-state index contributed by atoms with van der Waals surface area (Å²) in [5, 5.41) is 0. The maximum atomic E-state index is 13.7. The fourth-order valence-corrected chi connectivity index (χ4v) is 5.27. The van der Waals surface area contributed by atoms with E-state index in [1.807, 2.05) is 0 Å². The van der Waals surface area contributed by atoms with Crippen LogP contribution in [0.1, 0.15) is 44.2 Å². The summed E-state index contributed by atoms with van der Waals surface area (Å²) in [5.74, 6) is -1.96. The summed E-state index contributed by atoms with van der Waals surface area (Å²) in [4.78, 5) is 58.4. The second-order valence-electron chi connectivity index (χ2n) is 8.55. The van der Waals surface area contributed by atoms with Crippen LogP contribution < -0.4 is 11.5 Å². The molecule has 4 rings (SSSR count). The van der Waals surface area contributed by atoms with E-state index in [2.05, 4.69) is 9.97 Å².